The van der Waals surface area contributed by atoms with Crippen LogP contribution < -0.4 is 9.62 Å². The molecule has 0 aliphatic carbocycles. The van der Waals surface area contributed by atoms with Crippen molar-refractivity contribution in [1.82, 2.24) is 10.3 Å². The van der Waals surface area contributed by atoms with Crippen molar-refractivity contribution in [2.45, 2.75) is 25.7 Å². The predicted octanol–water partition coefficient (Wildman–Crippen LogP) is 3.18. The number of nitrogens with zero attached hydrogens (tertiary/aromatic N) is 3. The molecule has 1 aromatic heterocycles. The Morgan fingerprint density at radius 3 is 2.56 bits per heavy atom. The zero-order valence-electron chi connectivity index (χ0n) is 14.4. The lowest BCUT2D eigenvalue weighted by Crippen LogP contribution is -2.22. The molecule has 0 radical (unpaired) electrons. The number of benzene rings is 2. The Bertz CT molecular complexity index is 994. The molecule has 0 saturated carbocycles. The van der Waals surface area contributed by atoms with Crippen LogP contribution in [0.1, 0.15) is 19.4 Å². The summed E-state index contributed by atoms with van der Waals surface area (Å²) in [5.41, 5.74) is 3.06. The van der Waals surface area contributed by atoms with Crippen molar-refractivity contribution in [2.24, 2.45) is 0 Å². The fourth-order valence-electron chi connectivity index (χ4n) is 2.75. The van der Waals surface area contributed by atoms with Crippen LogP contribution in [0, 0.1) is 6.92 Å². The van der Waals surface area contributed by atoms with Gasteiger partial charge < -0.3 is 4.90 Å². The zero-order valence-corrected chi connectivity index (χ0v) is 15.2. The molecule has 25 heavy (non-hydrogen) atoms. The number of rotatable bonds is 6. The number of sulfonamides is 1. The van der Waals surface area contributed by atoms with E-state index in [0.717, 1.165) is 24.3 Å². The van der Waals surface area contributed by atoms with Crippen LogP contribution in [0.3, 0.4) is 0 Å². The topological polar surface area (TPSA) is 88.3 Å². The summed E-state index contributed by atoms with van der Waals surface area (Å²) in [5.74, 6) is 0. The van der Waals surface area contributed by atoms with Crippen molar-refractivity contribution >= 4 is 32.4 Å². The van der Waals surface area contributed by atoms with Crippen molar-refractivity contribution in [3.8, 4) is 0 Å². The number of hydrogen-bond acceptors (Lipinski definition) is 6. The Morgan fingerprint density at radius 1 is 1.12 bits per heavy atom. The summed E-state index contributed by atoms with van der Waals surface area (Å²) in [6.45, 7) is 7.83. The number of aromatic nitrogens is 2. The maximum atomic E-state index is 12.8. The summed E-state index contributed by atoms with van der Waals surface area (Å²) >= 11 is 0. The third-order valence-corrected chi connectivity index (χ3v) is 5.52. The Labute approximate surface area is 146 Å². The second-order valence-electron chi connectivity index (χ2n) is 5.67. The van der Waals surface area contributed by atoms with E-state index in [1.54, 1.807) is 18.2 Å². The minimum atomic E-state index is -3.80. The molecule has 0 aliphatic rings. The molecule has 0 aliphatic heterocycles. The van der Waals surface area contributed by atoms with Crippen LogP contribution in [0.2, 0.25) is 0 Å². The van der Waals surface area contributed by atoms with E-state index >= 15 is 0 Å². The SMILES string of the molecule is CCN(CC)c1ccc(NS(=O)(=O)c2cccc3nonc23)c(C)c1. The summed E-state index contributed by atoms with van der Waals surface area (Å²) < 4.78 is 32.8. The molecule has 0 unspecified atom stereocenters. The Kier molecular flexibility index (Phi) is 4.63. The van der Waals surface area contributed by atoms with Gasteiger partial charge in [-0.25, -0.2) is 13.0 Å². The summed E-state index contributed by atoms with van der Waals surface area (Å²) in [5, 5.41) is 7.38. The standard InChI is InChI=1S/C17H20N4O3S/c1-4-21(5-2)13-9-10-14(12(3)11-13)20-25(22,23)16-8-6-7-15-17(16)19-24-18-15/h6-11,20H,4-5H2,1-3H3. The molecular weight excluding hydrogens is 340 g/mol. The fraction of sp³-hybridized carbons (Fsp3) is 0.294. The highest BCUT2D eigenvalue weighted by Gasteiger charge is 2.21. The molecule has 1 heterocycles. The van der Waals surface area contributed by atoms with Gasteiger partial charge in [-0.1, -0.05) is 6.07 Å². The van der Waals surface area contributed by atoms with E-state index in [1.165, 1.54) is 6.07 Å². The molecule has 0 atom stereocenters. The third kappa shape index (κ3) is 3.30. The molecule has 8 heteroatoms. The molecule has 132 valence electrons. The smallest absolute Gasteiger partial charge is 0.264 e. The molecule has 3 aromatic rings. The molecule has 7 nitrogen and oxygen atoms in total. The molecule has 2 aromatic carbocycles. The van der Waals surface area contributed by atoms with E-state index in [2.05, 4.69) is 38.4 Å². The van der Waals surface area contributed by atoms with Crippen LogP contribution in [0.25, 0.3) is 11.0 Å². The van der Waals surface area contributed by atoms with E-state index in [9.17, 15) is 8.42 Å². The van der Waals surface area contributed by atoms with Gasteiger partial charge in [-0.05, 0) is 67.0 Å². The van der Waals surface area contributed by atoms with E-state index < -0.39 is 10.0 Å². The monoisotopic (exact) mass is 360 g/mol. The first-order valence-electron chi connectivity index (χ1n) is 8.06. The second-order valence-corrected chi connectivity index (χ2v) is 7.32. The number of anilines is 2. The minimum Gasteiger partial charge on any atom is -0.372 e. The van der Waals surface area contributed by atoms with Crippen LogP contribution in [0.4, 0.5) is 11.4 Å². The largest absolute Gasteiger partial charge is 0.372 e. The van der Waals surface area contributed by atoms with Gasteiger partial charge in [0.2, 0.25) is 0 Å². The molecule has 1 N–H and O–H groups in total. The van der Waals surface area contributed by atoms with Crippen molar-refractivity contribution in [1.29, 1.82) is 0 Å². The van der Waals surface area contributed by atoms with E-state index in [1.807, 2.05) is 19.1 Å². The van der Waals surface area contributed by atoms with Gasteiger partial charge in [0.25, 0.3) is 10.0 Å². The highest BCUT2D eigenvalue weighted by molar-refractivity contribution is 7.93. The lowest BCUT2D eigenvalue weighted by atomic mass is 10.1. The van der Waals surface area contributed by atoms with Crippen LogP contribution in [0.15, 0.2) is 45.9 Å². The maximum absolute atomic E-state index is 12.8. The van der Waals surface area contributed by atoms with Crippen molar-refractivity contribution in [3.63, 3.8) is 0 Å². The first-order valence-corrected chi connectivity index (χ1v) is 9.54. The highest BCUT2D eigenvalue weighted by Crippen LogP contribution is 2.27. The van der Waals surface area contributed by atoms with Crippen LogP contribution in [-0.4, -0.2) is 31.8 Å². The maximum Gasteiger partial charge on any atom is 0.264 e. The Hall–Kier alpha value is -2.61. The van der Waals surface area contributed by atoms with Gasteiger partial charge in [-0.2, -0.15) is 0 Å². The highest BCUT2D eigenvalue weighted by atomic mass is 32.2. The van der Waals surface area contributed by atoms with Crippen LogP contribution in [0.5, 0.6) is 0 Å². The van der Waals surface area contributed by atoms with Gasteiger partial charge in [0.15, 0.2) is 5.52 Å². The summed E-state index contributed by atoms with van der Waals surface area (Å²) in [7, 11) is -3.80. The first-order chi connectivity index (χ1) is 12.0. The normalized spacial score (nSPS) is 11.6. The van der Waals surface area contributed by atoms with Gasteiger partial charge in [0.1, 0.15) is 10.4 Å². The van der Waals surface area contributed by atoms with E-state index in [-0.39, 0.29) is 10.4 Å². The van der Waals surface area contributed by atoms with Crippen molar-refractivity contribution in [2.75, 3.05) is 22.7 Å². The molecule has 0 amide bonds. The van der Waals surface area contributed by atoms with Gasteiger partial charge in [0, 0.05) is 18.8 Å². The lowest BCUT2D eigenvalue weighted by Gasteiger charge is -2.22. The minimum absolute atomic E-state index is 0.0402. The second kappa shape index (κ2) is 6.72. The molecule has 0 fully saturated rings. The van der Waals surface area contributed by atoms with E-state index in [4.69, 9.17) is 0 Å². The average molecular weight is 360 g/mol. The van der Waals surface area contributed by atoms with Crippen LogP contribution >= 0.6 is 0 Å². The predicted molar refractivity (Wildman–Crippen MR) is 97.4 cm³/mol. The lowest BCUT2D eigenvalue weighted by molar-refractivity contribution is 0.315. The number of fused-ring (bicyclic) bond motifs is 1. The Balaban J connectivity index is 1.95. The molecule has 0 bridgehead atoms. The number of nitrogens with one attached hydrogen (secondary N) is 1. The van der Waals surface area contributed by atoms with Gasteiger partial charge in [-0.15, -0.1) is 0 Å². The van der Waals surface area contributed by atoms with Gasteiger partial charge >= 0.3 is 0 Å². The van der Waals surface area contributed by atoms with Crippen molar-refractivity contribution in [3.05, 3.63) is 42.0 Å². The molecule has 3 rings (SSSR count). The summed E-state index contributed by atoms with van der Waals surface area (Å²) in [6, 6.07) is 10.4. The van der Waals surface area contributed by atoms with Crippen LogP contribution in [-0.2, 0) is 10.0 Å². The average Bonchev–Trinajstić information content (AvgIpc) is 3.06. The van der Waals surface area contributed by atoms with E-state index in [0.29, 0.717) is 11.2 Å². The molecular formula is C17H20N4O3S. The van der Waals surface area contributed by atoms with Gasteiger partial charge in [-0.3, -0.25) is 4.72 Å². The number of aryl methyl sites for hydroxylation is 1. The van der Waals surface area contributed by atoms with Crippen molar-refractivity contribution < 1.29 is 13.0 Å². The summed E-state index contributed by atoms with van der Waals surface area (Å²) in [6.07, 6.45) is 0. The quantitative estimate of drug-likeness (QED) is 0.726. The zero-order chi connectivity index (χ0) is 18.0. The third-order valence-electron chi connectivity index (χ3n) is 4.12. The first kappa shape index (κ1) is 17.2. The summed E-state index contributed by atoms with van der Waals surface area (Å²) in [4.78, 5) is 2.24. The van der Waals surface area contributed by atoms with Gasteiger partial charge in [0.05, 0.1) is 5.69 Å². The Morgan fingerprint density at radius 2 is 1.88 bits per heavy atom. The number of hydrogen-bond donors (Lipinski definition) is 1. The molecule has 0 spiro atoms. The fourth-order valence-corrected chi connectivity index (χ4v) is 4.03. The molecule has 0 saturated heterocycles.